The molecular formula is C15H11BrO3. The quantitative estimate of drug-likeness (QED) is 0.590. The average molecular weight is 319 g/mol. The normalized spacial score (nSPS) is 29.3. The second-order valence-electron chi connectivity index (χ2n) is 4.77. The fourth-order valence-corrected chi connectivity index (χ4v) is 2.93. The molecule has 2 atom stereocenters. The van der Waals surface area contributed by atoms with Crippen LogP contribution in [0.3, 0.4) is 0 Å². The highest BCUT2D eigenvalue weighted by Crippen LogP contribution is 2.49. The van der Waals surface area contributed by atoms with Crippen LogP contribution in [0.4, 0.5) is 0 Å². The number of halogens is 1. The lowest BCUT2D eigenvalue weighted by atomic mass is 9.74. The zero-order valence-electron chi connectivity index (χ0n) is 10.1. The summed E-state index contributed by atoms with van der Waals surface area (Å²) in [5, 5.41) is 0. The Kier molecular flexibility index (Phi) is 2.71. The Balaban J connectivity index is 2.16. The third kappa shape index (κ3) is 1.78. The molecule has 0 unspecified atom stereocenters. The molecule has 1 heterocycles. The predicted octanol–water partition coefficient (Wildman–Crippen LogP) is 2.90. The van der Waals surface area contributed by atoms with Crippen LogP contribution >= 0.6 is 15.9 Å². The van der Waals surface area contributed by atoms with E-state index in [1.807, 2.05) is 24.3 Å². The molecular weight excluding hydrogens is 308 g/mol. The van der Waals surface area contributed by atoms with E-state index in [0.717, 1.165) is 10.0 Å². The molecule has 3 rings (SSSR count). The second kappa shape index (κ2) is 4.17. The molecule has 1 saturated heterocycles. The van der Waals surface area contributed by atoms with E-state index in [9.17, 15) is 9.59 Å². The molecule has 1 aromatic carbocycles. The van der Waals surface area contributed by atoms with Crippen molar-refractivity contribution in [3.63, 3.8) is 0 Å². The van der Waals surface area contributed by atoms with Gasteiger partial charge in [-0.25, -0.2) is 4.79 Å². The Labute approximate surface area is 119 Å². The number of hydrogen-bond donors (Lipinski definition) is 0. The first-order chi connectivity index (χ1) is 9.03. The van der Waals surface area contributed by atoms with Gasteiger partial charge < -0.3 is 4.74 Å². The summed E-state index contributed by atoms with van der Waals surface area (Å²) in [4.78, 5) is 23.4. The Hall–Kier alpha value is -1.68. The van der Waals surface area contributed by atoms with Crippen LogP contribution in [0, 0.1) is 5.92 Å². The van der Waals surface area contributed by atoms with Crippen molar-refractivity contribution < 1.29 is 14.3 Å². The van der Waals surface area contributed by atoms with E-state index in [0.29, 0.717) is 5.57 Å². The van der Waals surface area contributed by atoms with Crippen molar-refractivity contribution in [3.8, 4) is 0 Å². The van der Waals surface area contributed by atoms with Crippen molar-refractivity contribution in [3.05, 3.63) is 58.6 Å². The summed E-state index contributed by atoms with van der Waals surface area (Å²) in [5.74, 6) is -0.733. The maximum atomic E-state index is 11.8. The number of hydrogen-bond acceptors (Lipinski definition) is 3. The van der Waals surface area contributed by atoms with E-state index < -0.39 is 11.6 Å². The Bertz CT molecular complexity index is 615. The molecule has 0 amide bonds. The lowest BCUT2D eigenvalue weighted by molar-refractivity contribution is -0.145. The Morgan fingerprint density at radius 3 is 2.63 bits per heavy atom. The van der Waals surface area contributed by atoms with Gasteiger partial charge in [0.1, 0.15) is 0 Å². The summed E-state index contributed by atoms with van der Waals surface area (Å²) in [5.41, 5.74) is 0.361. The van der Waals surface area contributed by atoms with Crippen LogP contribution in [0.15, 0.2) is 53.0 Å². The molecule has 0 saturated carbocycles. The van der Waals surface area contributed by atoms with Crippen molar-refractivity contribution in [2.24, 2.45) is 5.92 Å². The zero-order chi connectivity index (χ0) is 13.6. The lowest BCUT2D eigenvalue weighted by Gasteiger charge is -2.33. The first-order valence-electron chi connectivity index (χ1n) is 5.93. The van der Waals surface area contributed by atoms with E-state index >= 15 is 0 Å². The van der Waals surface area contributed by atoms with Crippen LogP contribution < -0.4 is 0 Å². The first-order valence-corrected chi connectivity index (χ1v) is 6.72. The number of esters is 1. The molecule has 1 fully saturated rings. The summed E-state index contributed by atoms with van der Waals surface area (Å²) in [6.45, 7) is 3.77. The molecule has 0 spiro atoms. The number of fused-ring (bicyclic) bond motifs is 1. The number of ketones is 1. The van der Waals surface area contributed by atoms with Crippen molar-refractivity contribution >= 4 is 27.7 Å². The molecule has 2 aliphatic rings. The first kappa shape index (κ1) is 12.4. The van der Waals surface area contributed by atoms with Gasteiger partial charge in [-0.05, 0) is 24.3 Å². The molecule has 0 N–H and O–H groups in total. The van der Waals surface area contributed by atoms with Gasteiger partial charge in [0.2, 0.25) is 0 Å². The molecule has 0 aromatic heterocycles. The minimum Gasteiger partial charge on any atom is -0.446 e. The summed E-state index contributed by atoms with van der Waals surface area (Å²) < 4.78 is 6.49. The highest BCUT2D eigenvalue weighted by atomic mass is 79.9. The van der Waals surface area contributed by atoms with Crippen LogP contribution in [0.2, 0.25) is 0 Å². The van der Waals surface area contributed by atoms with Crippen LogP contribution in [-0.4, -0.2) is 11.8 Å². The van der Waals surface area contributed by atoms with Gasteiger partial charge >= 0.3 is 5.97 Å². The average Bonchev–Trinajstić information content (AvgIpc) is 2.64. The molecule has 96 valence electrons. The Morgan fingerprint density at radius 2 is 1.95 bits per heavy atom. The van der Waals surface area contributed by atoms with Crippen LogP contribution in [0.25, 0.3) is 0 Å². The monoisotopic (exact) mass is 318 g/mol. The van der Waals surface area contributed by atoms with Gasteiger partial charge in [0.25, 0.3) is 0 Å². The standard InChI is InChI=1S/C15H11BrO3/c1-9-13-8-12(17)6-7-15(13,19-14(9)18)10-2-4-11(16)5-3-10/h2-7,13H,1,8H2/t13-,15+/m0/s1. The predicted molar refractivity (Wildman–Crippen MR) is 73.3 cm³/mol. The largest absolute Gasteiger partial charge is 0.446 e. The van der Waals surface area contributed by atoms with Crippen molar-refractivity contribution in [1.29, 1.82) is 0 Å². The van der Waals surface area contributed by atoms with Gasteiger partial charge in [0, 0.05) is 27.9 Å². The molecule has 3 nitrogen and oxygen atoms in total. The maximum Gasteiger partial charge on any atom is 0.335 e. The maximum absolute atomic E-state index is 11.8. The van der Waals surface area contributed by atoms with Crippen LogP contribution in [0.1, 0.15) is 12.0 Å². The minimum atomic E-state index is -0.872. The summed E-state index contributed by atoms with van der Waals surface area (Å²) in [7, 11) is 0. The van der Waals surface area contributed by atoms with Crippen LogP contribution in [-0.2, 0) is 19.9 Å². The van der Waals surface area contributed by atoms with Crippen LogP contribution in [0.5, 0.6) is 0 Å². The van der Waals surface area contributed by atoms with Gasteiger partial charge in [0.15, 0.2) is 11.4 Å². The van der Waals surface area contributed by atoms with E-state index in [1.165, 1.54) is 6.08 Å². The van der Waals surface area contributed by atoms with E-state index in [4.69, 9.17) is 4.74 Å². The van der Waals surface area contributed by atoms with Crippen molar-refractivity contribution in [2.45, 2.75) is 12.0 Å². The third-order valence-corrected chi connectivity index (χ3v) is 4.21. The van der Waals surface area contributed by atoms with Crippen molar-refractivity contribution in [2.75, 3.05) is 0 Å². The van der Waals surface area contributed by atoms with Gasteiger partial charge in [-0.15, -0.1) is 0 Å². The number of carbonyl (C=O) groups excluding carboxylic acids is 2. The number of rotatable bonds is 1. The summed E-state index contributed by atoms with van der Waals surface area (Å²) in [6, 6.07) is 7.56. The van der Waals surface area contributed by atoms with Gasteiger partial charge in [-0.2, -0.15) is 0 Å². The fourth-order valence-electron chi connectivity index (χ4n) is 2.67. The molecule has 1 aromatic rings. The molecule has 4 heteroatoms. The lowest BCUT2D eigenvalue weighted by Crippen LogP contribution is -2.35. The topological polar surface area (TPSA) is 43.4 Å². The van der Waals surface area contributed by atoms with Crippen molar-refractivity contribution in [1.82, 2.24) is 0 Å². The van der Waals surface area contributed by atoms with Gasteiger partial charge in [0.05, 0.1) is 0 Å². The summed E-state index contributed by atoms with van der Waals surface area (Å²) >= 11 is 3.38. The van der Waals surface area contributed by atoms with Gasteiger partial charge in [-0.3, -0.25) is 4.79 Å². The minimum absolute atomic E-state index is 0.00260. The number of benzene rings is 1. The SMILES string of the molecule is C=C1C(=O)O[C@@]2(c3ccc(Br)cc3)C=CC(=O)C[C@@H]12. The Morgan fingerprint density at radius 1 is 1.26 bits per heavy atom. The van der Waals surface area contributed by atoms with E-state index in [1.54, 1.807) is 6.08 Å². The smallest absolute Gasteiger partial charge is 0.335 e. The molecule has 1 aliphatic carbocycles. The zero-order valence-corrected chi connectivity index (χ0v) is 11.6. The van der Waals surface area contributed by atoms with E-state index in [-0.39, 0.29) is 18.1 Å². The third-order valence-electron chi connectivity index (χ3n) is 3.68. The number of allylic oxidation sites excluding steroid dienone is 1. The fraction of sp³-hybridized carbons (Fsp3) is 0.200. The summed E-state index contributed by atoms with van der Waals surface area (Å²) in [6.07, 6.45) is 3.43. The second-order valence-corrected chi connectivity index (χ2v) is 5.69. The molecule has 0 radical (unpaired) electrons. The number of carbonyl (C=O) groups is 2. The highest BCUT2D eigenvalue weighted by Gasteiger charge is 2.53. The van der Waals surface area contributed by atoms with Gasteiger partial charge in [-0.1, -0.05) is 34.6 Å². The molecule has 19 heavy (non-hydrogen) atoms. The molecule has 1 aliphatic heterocycles. The van der Waals surface area contributed by atoms with E-state index in [2.05, 4.69) is 22.5 Å². The number of ether oxygens (including phenoxy) is 1. The molecule has 0 bridgehead atoms. The highest BCUT2D eigenvalue weighted by molar-refractivity contribution is 9.10.